The van der Waals surface area contributed by atoms with Crippen LogP contribution in [-0.2, 0) is 4.79 Å². The number of nitrogens with two attached hydrogens (primary N) is 2. The van der Waals surface area contributed by atoms with E-state index in [1.807, 2.05) is 0 Å². The molecule has 0 saturated carbocycles. The fourth-order valence-corrected chi connectivity index (χ4v) is 0.0781. The van der Waals surface area contributed by atoms with Crippen LogP contribution >= 0.6 is 0 Å². The van der Waals surface area contributed by atoms with Crippen LogP contribution in [0.4, 0.5) is 0 Å². The fraction of sp³-hybridized carbons (Fsp3) is 0.750. The van der Waals surface area contributed by atoms with Crippen LogP contribution in [0.1, 0.15) is 0 Å². The first-order valence-corrected chi connectivity index (χ1v) is 2.35. The first kappa shape index (κ1) is 11.2. The van der Waals surface area contributed by atoms with Gasteiger partial charge in [-0.1, -0.05) is 0 Å². The van der Waals surface area contributed by atoms with Crippen molar-refractivity contribution in [1.82, 2.24) is 0 Å². The molecule has 0 radical (unpaired) electrons. The normalized spacial score (nSPS) is 11.1. The Morgan fingerprint density at radius 3 is 2.00 bits per heavy atom. The molecule has 0 aliphatic rings. The molecule has 0 saturated heterocycles. The van der Waals surface area contributed by atoms with Gasteiger partial charge in [0.1, 0.15) is 6.04 Å². The zero-order chi connectivity index (χ0) is 7.86. The zero-order valence-corrected chi connectivity index (χ0v) is 5.24. The van der Waals surface area contributed by atoms with Crippen LogP contribution in [0.3, 0.4) is 0 Å². The van der Waals surface area contributed by atoms with Gasteiger partial charge >= 0.3 is 5.97 Å². The molecule has 5 nitrogen and oxygen atoms in total. The van der Waals surface area contributed by atoms with Crippen molar-refractivity contribution in [1.29, 1.82) is 0 Å². The second-order valence-electron chi connectivity index (χ2n) is 1.13. The summed E-state index contributed by atoms with van der Waals surface area (Å²) in [4.78, 5) is 9.65. The lowest BCUT2D eigenvalue weighted by Crippen LogP contribution is -2.33. The summed E-state index contributed by atoms with van der Waals surface area (Å²) in [5.41, 5.74) is 9.27. The van der Waals surface area contributed by atoms with Crippen LogP contribution in [0.15, 0.2) is 0 Å². The van der Waals surface area contributed by atoms with Gasteiger partial charge in [-0.15, -0.1) is 0 Å². The number of hydrogen-bond acceptors (Lipinski definition) is 4. The topological polar surface area (TPSA) is 110 Å². The Morgan fingerprint density at radius 2 is 2.00 bits per heavy atom. The van der Waals surface area contributed by atoms with Gasteiger partial charge in [0.05, 0.1) is 6.61 Å². The Morgan fingerprint density at radius 1 is 1.67 bits per heavy atom. The first-order valence-electron chi connectivity index (χ1n) is 2.35. The van der Waals surface area contributed by atoms with Gasteiger partial charge < -0.3 is 21.7 Å². The molecule has 0 aromatic carbocycles. The third-order valence-corrected chi connectivity index (χ3v) is 0.514. The van der Waals surface area contributed by atoms with Crippen molar-refractivity contribution in [2.75, 3.05) is 13.7 Å². The highest BCUT2D eigenvalue weighted by Crippen LogP contribution is 1.71. The number of rotatable bonds is 2. The van der Waals surface area contributed by atoms with Crippen LogP contribution in [0.2, 0.25) is 0 Å². The van der Waals surface area contributed by atoms with Crippen LogP contribution in [0.5, 0.6) is 0 Å². The van der Waals surface area contributed by atoms with Gasteiger partial charge in [0.15, 0.2) is 0 Å². The number of aliphatic hydroxyl groups is 1. The van der Waals surface area contributed by atoms with Gasteiger partial charge in [0.25, 0.3) is 0 Å². The molecule has 1 atom stereocenters. The number of aliphatic hydroxyl groups excluding tert-OH is 1. The van der Waals surface area contributed by atoms with Crippen LogP contribution in [-0.4, -0.2) is 35.9 Å². The number of aliphatic carboxylic acids is 1. The highest BCUT2D eigenvalue weighted by Gasteiger charge is 2.06. The quantitative estimate of drug-likeness (QED) is 0.350. The maximum Gasteiger partial charge on any atom is 0.322 e. The Kier molecular flexibility index (Phi) is 9.14. The average molecular weight is 136 g/mol. The molecule has 0 spiro atoms. The van der Waals surface area contributed by atoms with E-state index >= 15 is 0 Å². The van der Waals surface area contributed by atoms with Gasteiger partial charge in [-0.2, -0.15) is 0 Å². The summed E-state index contributed by atoms with van der Waals surface area (Å²) in [5, 5.41) is 15.9. The van der Waals surface area contributed by atoms with E-state index in [1.54, 1.807) is 0 Å². The summed E-state index contributed by atoms with van der Waals surface area (Å²) in [5.74, 6) is -1.18. The number of carboxylic acid groups (broad SMARTS) is 1. The van der Waals surface area contributed by atoms with E-state index in [1.165, 1.54) is 7.05 Å². The Bertz CT molecular complexity index is 76.2. The summed E-state index contributed by atoms with van der Waals surface area (Å²) < 4.78 is 0. The molecule has 0 amide bonds. The largest absolute Gasteiger partial charge is 0.480 e. The van der Waals surface area contributed by atoms with Crippen molar-refractivity contribution < 1.29 is 15.0 Å². The predicted octanol–water partition coefficient (Wildman–Crippen LogP) is -2.03. The average Bonchev–Trinajstić information content (AvgIpc) is 1.91. The van der Waals surface area contributed by atoms with Gasteiger partial charge in [0, 0.05) is 0 Å². The van der Waals surface area contributed by atoms with Crippen molar-refractivity contribution in [2.45, 2.75) is 6.04 Å². The van der Waals surface area contributed by atoms with Crippen molar-refractivity contribution in [3.05, 3.63) is 0 Å². The van der Waals surface area contributed by atoms with E-state index in [4.69, 9.17) is 15.9 Å². The minimum Gasteiger partial charge on any atom is -0.480 e. The first-order chi connectivity index (χ1) is 4.18. The minimum atomic E-state index is -1.18. The number of carbonyl (C=O) groups is 1. The standard InChI is InChI=1S/C3H7NO3.CH5N/c4-2(1-5)3(6)7;1-2/h2,5H,1,4H2,(H,6,7);2H2,1H3/t2-;/m0./s1. The van der Waals surface area contributed by atoms with E-state index < -0.39 is 18.6 Å². The molecule has 56 valence electrons. The van der Waals surface area contributed by atoms with Crippen LogP contribution in [0, 0.1) is 0 Å². The molecule has 6 N–H and O–H groups in total. The van der Waals surface area contributed by atoms with E-state index in [0.717, 1.165) is 0 Å². The summed E-state index contributed by atoms with van der Waals surface area (Å²) in [6.45, 7) is -0.505. The van der Waals surface area contributed by atoms with Crippen molar-refractivity contribution >= 4 is 5.97 Å². The molecule has 0 heterocycles. The van der Waals surface area contributed by atoms with Crippen LogP contribution < -0.4 is 11.5 Å². The molecule has 0 rings (SSSR count). The number of carboxylic acids is 1. The van der Waals surface area contributed by atoms with E-state index in [9.17, 15) is 4.79 Å². The molecule has 0 fully saturated rings. The lowest BCUT2D eigenvalue weighted by atomic mass is 10.3. The van der Waals surface area contributed by atoms with Crippen molar-refractivity contribution in [3.8, 4) is 0 Å². The lowest BCUT2D eigenvalue weighted by molar-refractivity contribution is -0.139. The summed E-state index contributed by atoms with van der Waals surface area (Å²) >= 11 is 0. The van der Waals surface area contributed by atoms with Gasteiger partial charge in [0.2, 0.25) is 0 Å². The fourth-order valence-electron chi connectivity index (χ4n) is 0.0781. The minimum absolute atomic E-state index is 0.505. The molecule has 0 aromatic heterocycles. The maximum absolute atomic E-state index is 9.65. The summed E-state index contributed by atoms with van der Waals surface area (Å²) in [7, 11) is 1.50. The third-order valence-electron chi connectivity index (χ3n) is 0.514. The van der Waals surface area contributed by atoms with Crippen molar-refractivity contribution in [3.63, 3.8) is 0 Å². The van der Waals surface area contributed by atoms with Gasteiger partial charge in [-0.3, -0.25) is 4.79 Å². The van der Waals surface area contributed by atoms with Gasteiger partial charge in [-0.05, 0) is 7.05 Å². The van der Waals surface area contributed by atoms with Crippen molar-refractivity contribution in [2.24, 2.45) is 11.5 Å². The highest BCUT2D eigenvalue weighted by atomic mass is 16.4. The second kappa shape index (κ2) is 7.35. The molecule has 0 bridgehead atoms. The lowest BCUT2D eigenvalue weighted by Gasteiger charge is -1.96. The van der Waals surface area contributed by atoms with Gasteiger partial charge in [-0.25, -0.2) is 0 Å². The van der Waals surface area contributed by atoms with E-state index in [0.29, 0.717) is 0 Å². The number of hydrogen-bond donors (Lipinski definition) is 4. The molecule has 9 heavy (non-hydrogen) atoms. The smallest absolute Gasteiger partial charge is 0.322 e. The van der Waals surface area contributed by atoms with Crippen LogP contribution in [0.25, 0.3) is 0 Å². The monoisotopic (exact) mass is 136 g/mol. The molecule has 0 aromatic rings. The third kappa shape index (κ3) is 7.35. The highest BCUT2D eigenvalue weighted by molar-refractivity contribution is 5.73. The molecule has 0 aliphatic carbocycles. The van der Waals surface area contributed by atoms with E-state index in [2.05, 4.69) is 5.73 Å². The summed E-state index contributed by atoms with van der Waals surface area (Å²) in [6, 6.07) is -1.13. The molecule has 5 heteroatoms. The maximum atomic E-state index is 9.65. The summed E-state index contributed by atoms with van der Waals surface area (Å²) in [6.07, 6.45) is 0. The second-order valence-corrected chi connectivity index (χ2v) is 1.13. The Hall–Kier alpha value is -0.650. The Balaban J connectivity index is 0. The van der Waals surface area contributed by atoms with E-state index in [-0.39, 0.29) is 0 Å². The zero-order valence-electron chi connectivity index (χ0n) is 5.24. The molecule has 0 aliphatic heterocycles. The molecule has 0 unspecified atom stereocenters. The molecular weight excluding hydrogens is 124 g/mol. The Labute approximate surface area is 53.3 Å². The SMILES string of the molecule is CN.N[C@@H](CO)C(=O)O. The molecular formula is C4H12N2O3. The predicted molar refractivity (Wildman–Crippen MR) is 32.8 cm³/mol.